The lowest BCUT2D eigenvalue weighted by Crippen LogP contribution is -2.37. The van der Waals surface area contributed by atoms with Gasteiger partial charge < -0.3 is 14.5 Å². The van der Waals surface area contributed by atoms with E-state index in [4.69, 9.17) is 4.74 Å². The van der Waals surface area contributed by atoms with Gasteiger partial charge in [0.15, 0.2) is 11.6 Å². The minimum atomic E-state index is -0.627. The van der Waals surface area contributed by atoms with Crippen molar-refractivity contribution < 1.29 is 18.7 Å². The van der Waals surface area contributed by atoms with E-state index < -0.39 is 5.82 Å². The number of carbonyl (C=O) groups excluding carboxylic acids is 2. The van der Waals surface area contributed by atoms with Crippen LogP contribution in [0.2, 0.25) is 0 Å². The molecule has 0 saturated carbocycles. The maximum absolute atomic E-state index is 14.6. The number of nitrogens with zero attached hydrogens (tertiary/aromatic N) is 2. The van der Waals surface area contributed by atoms with E-state index in [-0.39, 0.29) is 41.0 Å². The van der Waals surface area contributed by atoms with Crippen LogP contribution in [0.4, 0.5) is 4.39 Å². The van der Waals surface area contributed by atoms with Crippen LogP contribution in [-0.4, -0.2) is 48.4 Å². The van der Waals surface area contributed by atoms with Gasteiger partial charge in [-0.1, -0.05) is 30.3 Å². The molecule has 2 aliphatic heterocycles. The number of ether oxygens (including phenoxy) is 1. The molecule has 0 aliphatic carbocycles. The second-order valence-electron chi connectivity index (χ2n) is 7.93. The first kappa shape index (κ1) is 19.4. The summed E-state index contributed by atoms with van der Waals surface area (Å²) in [6, 6.07) is 12.6. The molecule has 0 unspecified atom stereocenters. The maximum atomic E-state index is 14.6. The van der Waals surface area contributed by atoms with Crippen molar-refractivity contribution >= 4 is 11.8 Å². The van der Waals surface area contributed by atoms with Crippen LogP contribution in [0.15, 0.2) is 42.5 Å². The minimum Gasteiger partial charge on any atom is -0.494 e. The monoisotopic (exact) mass is 396 g/mol. The van der Waals surface area contributed by atoms with Gasteiger partial charge in [-0.2, -0.15) is 0 Å². The highest BCUT2D eigenvalue weighted by Crippen LogP contribution is 2.46. The second-order valence-corrected chi connectivity index (χ2v) is 7.93. The first-order valence-electron chi connectivity index (χ1n) is 9.87. The highest BCUT2D eigenvalue weighted by molar-refractivity contribution is 5.95. The Bertz CT molecular complexity index is 961. The number of aryl methyl sites for hydroxylation is 1. The standard InChI is InChI=1S/C23H25FN2O3/c1-14-7-4-5-8-17(14)22-19-13-25(11-16(19)12-26(22)15(2)27)23(28)18-9-6-10-20(29-3)21(18)24/h4-10,16,19,22H,11-13H2,1-3H3/t16-,19-,22-/m1/s1. The van der Waals surface area contributed by atoms with E-state index in [2.05, 4.69) is 6.07 Å². The number of hydrogen-bond acceptors (Lipinski definition) is 3. The minimum absolute atomic E-state index is 0.0280. The van der Waals surface area contributed by atoms with Crippen molar-refractivity contribution in [2.75, 3.05) is 26.7 Å². The molecule has 29 heavy (non-hydrogen) atoms. The molecule has 0 bridgehead atoms. The fraction of sp³-hybridized carbons (Fsp3) is 0.391. The summed E-state index contributed by atoms with van der Waals surface area (Å²) in [5.74, 6) is -0.523. The Morgan fingerprint density at radius 3 is 2.52 bits per heavy atom. The lowest BCUT2D eigenvalue weighted by atomic mass is 9.87. The van der Waals surface area contributed by atoms with E-state index in [0.29, 0.717) is 19.6 Å². The molecule has 0 radical (unpaired) electrons. The lowest BCUT2D eigenvalue weighted by molar-refractivity contribution is -0.130. The van der Waals surface area contributed by atoms with Crippen molar-refractivity contribution in [2.45, 2.75) is 19.9 Å². The topological polar surface area (TPSA) is 49.9 Å². The number of hydrogen-bond donors (Lipinski definition) is 0. The number of rotatable bonds is 3. The van der Waals surface area contributed by atoms with Gasteiger partial charge in [0, 0.05) is 38.4 Å². The molecule has 0 spiro atoms. The molecule has 3 atom stereocenters. The van der Waals surface area contributed by atoms with E-state index in [9.17, 15) is 14.0 Å². The number of carbonyl (C=O) groups is 2. The molecule has 6 heteroatoms. The summed E-state index contributed by atoms with van der Waals surface area (Å²) in [6.07, 6.45) is 0. The highest BCUT2D eigenvalue weighted by Gasteiger charge is 2.50. The summed E-state index contributed by atoms with van der Waals surface area (Å²) in [4.78, 5) is 29.0. The second kappa shape index (κ2) is 7.50. The number of benzene rings is 2. The Morgan fingerprint density at radius 1 is 1.07 bits per heavy atom. The van der Waals surface area contributed by atoms with Gasteiger partial charge in [0.1, 0.15) is 0 Å². The molecule has 152 valence electrons. The molecule has 2 amide bonds. The van der Waals surface area contributed by atoms with Gasteiger partial charge in [-0.3, -0.25) is 9.59 Å². The molecule has 0 N–H and O–H groups in total. The van der Waals surface area contributed by atoms with Crippen molar-refractivity contribution in [1.82, 2.24) is 9.80 Å². The van der Waals surface area contributed by atoms with Crippen LogP contribution in [0, 0.1) is 24.6 Å². The van der Waals surface area contributed by atoms with Crippen molar-refractivity contribution in [1.29, 1.82) is 0 Å². The first-order chi connectivity index (χ1) is 13.9. The smallest absolute Gasteiger partial charge is 0.256 e. The van der Waals surface area contributed by atoms with Crippen LogP contribution >= 0.6 is 0 Å². The largest absolute Gasteiger partial charge is 0.494 e. The van der Waals surface area contributed by atoms with E-state index in [1.165, 1.54) is 19.2 Å². The normalized spacial score (nSPS) is 23.2. The van der Waals surface area contributed by atoms with Gasteiger partial charge in [0.25, 0.3) is 5.91 Å². The summed E-state index contributed by atoms with van der Waals surface area (Å²) in [5, 5.41) is 0. The predicted octanol–water partition coefficient (Wildman–Crippen LogP) is 3.43. The third-order valence-corrected chi connectivity index (χ3v) is 6.28. The molecule has 4 rings (SSSR count). The molecule has 2 aliphatic rings. The molecule has 2 heterocycles. The van der Waals surface area contributed by atoms with Gasteiger partial charge in [0.2, 0.25) is 5.91 Å². The quantitative estimate of drug-likeness (QED) is 0.799. The summed E-state index contributed by atoms with van der Waals surface area (Å²) in [5.41, 5.74) is 2.28. The summed E-state index contributed by atoms with van der Waals surface area (Å²) in [6.45, 7) is 5.28. The number of amides is 2. The zero-order valence-electron chi connectivity index (χ0n) is 16.9. The van der Waals surface area contributed by atoms with Crippen LogP contribution in [0.25, 0.3) is 0 Å². The van der Waals surface area contributed by atoms with Crippen LogP contribution in [0.1, 0.15) is 34.5 Å². The zero-order chi connectivity index (χ0) is 20.7. The number of methoxy groups -OCH3 is 1. The van der Waals surface area contributed by atoms with Gasteiger partial charge >= 0.3 is 0 Å². The number of halogens is 1. The Balaban J connectivity index is 1.62. The zero-order valence-corrected chi connectivity index (χ0v) is 16.9. The van der Waals surface area contributed by atoms with Crippen molar-refractivity contribution in [3.8, 4) is 5.75 Å². The molecular weight excluding hydrogens is 371 g/mol. The van der Waals surface area contributed by atoms with Crippen molar-refractivity contribution in [3.05, 3.63) is 65.0 Å². The summed E-state index contributed by atoms with van der Waals surface area (Å²) < 4.78 is 19.6. The van der Waals surface area contributed by atoms with E-state index in [1.54, 1.807) is 17.9 Å². The van der Waals surface area contributed by atoms with Crippen molar-refractivity contribution in [2.24, 2.45) is 11.8 Å². The van der Waals surface area contributed by atoms with Gasteiger partial charge in [-0.25, -0.2) is 4.39 Å². The van der Waals surface area contributed by atoms with Crippen LogP contribution in [0.3, 0.4) is 0 Å². The first-order valence-corrected chi connectivity index (χ1v) is 9.87. The van der Waals surface area contributed by atoms with Gasteiger partial charge in [0.05, 0.1) is 18.7 Å². The van der Waals surface area contributed by atoms with Crippen LogP contribution < -0.4 is 4.74 Å². The SMILES string of the molecule is COc1cccc(C(=O)N2C[C@@H]3CN(C(C)=O)[C@H](c4ccccc4C)[C@@H]3C2)c1F. The predicted molar refractivity (Wildman–Crippen MR) is 107 cm³/mol. The van der Waals surface area contributed by atoms with E-state index in [1.807, 2.05) is 30.0 Å². The van der Waals surface area contributed by atoms with Crippen LogP contribution in [0.5, 0.6) is 5.75 Å². The summed E-state index contributed by atoms with van der Waals surface area (Å²) in [7, 11) is 1.38. The number of fused-ring (bicyclic) bond motifs is 1. The average Bonchev–Trinajstić information content (AvgIpc) is 3.26. The van der Waals surface area contributed by atoms with Gasteiger partial charge in [-0.15, -0.1) is 0 Å². The third-order valence-electron chi connectivity index (χ3n) is 6.28. The van der Waals surface area contributed by atoms with Crippen molar-refractivity contribution in [3.63, 3.8) is 0 Å². The third kappa shape index (κ3) is 3.26. The molecule has 2 aromatic carbocycles. The average molecular weight is 396 g/mol. The Kier molecular flexibility index (Phi) is 5.03. The molecular formula is C23H25FN2O3. The van der Waals surface area contributed by atoms with E-state index in [0.717, 1.165) is 11.1 Å². The number of likely N-dealkylation sites (tertiary alicyclic amines) is 2. The Labute approximate surface area is 170 Å². The summed E-state index contributed by atoms with van der Waals surface area (Å²) >= 11 is 0. The molecule has 2 fully saturated rings. The fourth-order valence-electron chi connectivity index (χ4n) is 4.86. The highest BCUT2D eigenvalue weighted by atomic mass is 19.1. The Morgan fingerprint density at radius 2 is 1.83 bits per heavy atom. The maximum Gasteiger partial charge on any atom is 0.256 e. The molecule has 2 aromatic rings. The van der Waals surface area contributed by atoms with Gasteiger partial charge in [-0.05, 0) is 30.2 Å². The van der Waals surface area contributed by atoms with Crippen LogP contribution in [-0.2, 0) is 4.79 Å². The fourth-order valence-corrected chi connectivity index (χ4v) is 4.86. The molecule has 5 nitrogen and oxygen atoms in total. The Hall–Kier alpha value is -2.89. The lowest BCUT2D eigenvalue weighted by Gasteiger charge is -2.30. The van der Waals surface area contributed by atoms with E-state index >= 15 is 0 Å². The molecule has 0 aromatic heterocycles. The molecule has 2 saturated heterocycles.